The zero-order valence-corrected chi connectivity index (χ0v) is 10.7. The van der Waals surface area contributed by atoms with Crippen LogP contribution in [0.5, 0.6) is 0 Å². The molecule has 2 heteroatoms. The van der Waals surface area contributed by atoms with Gasteiger partial charge in [0.05, 0.1) is 6.33 Å². The molecule has 0 aliphatic heterocycles. The van der Waals surface area contributed by atoms with E-state index in [2.05, 4.69) is 64.2 Å². The Morgan fingerprint density at radius 2 is 1.95 bits per heavy atom. The minimum atomic E-state index is 0.976. The second kappa shape index (κ2) is 5.53. The van der Waals surface area contributed by atoms with Crippen molar-refractivity contribution >= 4 is 16.8 Å². The number of hydrogen-bond acceptors (Lipinski definition) is 1. The Kier molecular flexibility index (Phi) is 3.41. The fourth-order valence-electron chi connectivity index (χ4n) is 2.17. The highest BCUT2D eigenvalue weighted by atomic mass is 15.0. The van der Waals surface area contributed by atoms with Crippen molar-refractivity contribution in [2.24, 2.45) is 0 Å². The number of aromatic nitrogens is 2. The van der Waals surface area contributed by atoms with Gasteiger partial charge in [0, 0.05) is 18.9 Å². The van der Waals surface area contributed by atoms with Crippen LogP contribution in [-0.4, -0.2) is 9.55 Å². The van der Waals surface area contributed by atoms with E-state index in [1.807, 2.05) is 18.7 Å². The molecule has 0 saturated carbocycles. The molecule has 0 unspecified atom stereocenters. The van der Waals surface area contributed by atoms with Crippen molar-refractivity contribution in [2.45, 2.75) is 13.0 Å². The van der Waals surface area contributed by atoms with Crippen molar-refractivity contribution < 1.29 is 0 Å². The summed E-state index contributed by atoms with van der Waals surface area (Å²) in [5, 5.41) is 2.58. The summed E-state index contributed by atoms with van der Waals surface area (Å²) in [7, 11) is 0. The van der Waals surface area contributed by atoms with Gasteiger partial charge in [-0.1, -0.05) is 48.6 Å². The maximum absolute atomic E-state index is 4.03. The summed E-state index contributed by atoms with van der Waals surface area (Å²) in [6.07, 6.45) is 11.1. The highest BCUT2D eigenvalue weighted by Crippen LogP contribution is 2.16. The van der Waals surface area contributed by atoms with Gasteiger partial charge in [-0.2, -0.15) is 0 Å². The summed E-state index contributed by atoms with van der Waals surface area (Å²) in [6, 6.07) is 15.0. The molecule has 3 aromatic rings. The molecular formula is C17H16N2. The van der Waals surface area contributed by atoms with Crippen LogP contribution in [0.3, 0.4) is 0 Å². The standard InChI is InChI=1S/C17H16N2/c1-2-7-17-13-15(8-9-16(17)6-1)5-3-4-11-19-12-10-18-14-19/h1-3,5-10,12-14H,4,11H2. The Hall–Kier alpha value is -2.35. The number of hydrogen-bond donors (Lipinski definition) is 0. The largest absolute Gasteiger partial charge is 0.337 e. The first-order valence-corrected chi connectivity index (χ1v) is 6.53. The molecule has 1 aromatic heterocycles. The molecule has 0 aliphatic carbocycles. The number of fused-ring (bicyclic) bond motifs is 1. The first kappa shape index (κ1) is 11.7. The van der Waals surface area contributed by atoms with Gasteiger partial charge in [-0.15, -0.1) is 0 Å². The molecule has 2 aromatic carbocycles. The molecule has 0 radical (unpaired) electrons. The average molecular weight is 248 g/mol. The summed E-state index contributed by atoms with van der Waals surface area (Å²) in [5.41, 5.74) is 1.25. The van der Waals surface area contributed by atoms with Crippen molar-refractivity contribution in [2.75, 3.05) is 0 Å². The maximum atomic E-state index is 4.03. The maximum Gasteiger partial charge on any atom is 0.0946 e. The first-order valence-electron chi connectivity index (χ1n) is 6.53. The van der Waals surface area contributed by atoms with E-state index in [9.17, 15) is 0 Å². The average Bonchev–Trinajstić information content (AvgIpc) is 2.97. The molecule has 0 spiro atoms. The number of aryl methyl sites for hydroxylation is 1. The molecule has 2 nitrogen and oxygen atoms in total. The van der Waals surface area contributed by atoms with E-state index >= 15 is 0 Å². The third-order valence-electron chi connectivity index (χ3n) is 3.20. The van der Waals surface area contributed by atoms with Gasteiger partial charge in [-0.05, 0) is 28.8 Å². The quantitative estimate of drug-likeness (QED) is 0.678. The normalized spacial score (nSPS) is 11.4. The molecule has 0 atom stereocenters. The van der Waals surface area contributed by atoms with Crippen LogP contribution in [0.15, 0.2) is 67.3 Å². The second-order valence-corrected chi connectivity index (χ2v) is 4.60. The number of imidazole rings is 1. The number of benzene rings is 2. The Balaban J connectivity index is 1.67. The summed E-state index contributed by atoms with van der Waals surface area (Å²) in [4.78, 5) is 4.03. The molecular weight excluding hydrogens is 232 g/mol. The lowest BCUT2D eigenvalue weighted by Crippen LogP contribution is -1.91. The smallest absolute Gasteiger partial charge is 0.0946 e. The minimum Gasteiger partial charge on any atom is -0.337 e. The van der Waals surface area contributed by atoms with Crippen molar-refractivity contribution in [3.05, 3.63) is 72.8 Å². The van der Waals surface area contributed by atoms with E-state index in [-0.39, 0.29) is 0 Å². The van der Waals surface area contributed by atoms with Crippen LogP contribution < -0.4 is 0 Å². The van der Waals surface area contributed by atoms with E-state index in [0.717, 1.165) is 13.0 Å². The van der Waals surface area contributed by atoms with E-state index in [0.29, 0.717) is 0 Å². The zero-order chi connectivity index (χ0) is 12.9. The number of allylic oxidation sites excluding steroid dienone is 1. The van der Waals surface area contributed by atoms with Crippen LogP contribution in [0.2, 0.25) is 0 Å². The highest BCUT2D eigenvalue weighted by molar-refractivity contribution is 5.84. The molecule has 0 saturated heterocycles. The SMILES string of the molecule is C(=Cc1ccc2ccccc2c1)CCn1ccnc1. The van der Waals surface area contributed by atoms with Crippen LogP contribution in [-0.2, 0) is 6.54 Å². The highest BCUT2D eigenvalue weighted by Gasteiger charge is 1.92. The number of rotatable bonds is 4. The van der Waals surface area contributed by atoms with Gasteiger partial charge >= 0.3 is 0 Å². The van der Waals surface area contributed by atoms with Crippen molar-refractivity contribution in [1.82, 2.24) is 9.55 Å². The molecule has 1 heterocycles. The van der Waals surface area contributed by atoms with E-state index in [4.69, 9.17) is 0 Å². The van der Waals surface area contributed by atoms with Crippen LogP contribution in [0.4, 0.5) is 0 Å². The van der Waals surface area contributed by atoms with E-state index in [1.165, 1.54) is 16.3 Å². The van der Waals surface area contributed by atoms with Crippen LogP contribution >= 0.6 is 0 Å². The predicted molar refractivity (Wildman–Crippen MR) is 79.8 cm³/mol. The van der Waals surface area contributed by atoms with Gasteiger partial charge in [-0.3, -0.25) is 0 Å². The Morgan fingerprint density at radius 3 is 2.79 bits per heavy atom. The van der Waals surface area contributed by atoms with Gasteiger partial charge in [0.25, 0.3) is 0 Å². The van der Waals surface area contributed by atoms with Gasteiger partial charge in [-0.25, -0.2) is 4.98 Å². The Morgan fingerprint density at radius 1 is 1.05 bits per heavy atom. The van der Waals surface area contributed by atoms with Gasteiger partial charge in [0.2, 0.25) is 0 Å². The minimum absolute atomic E-state index is 0.976. The molecule has 3 rings (SSSR count). The second-order valence-electron chi connectivity index (χ2n) is 4.60. The van der Waals surface area contributed by atoms with Crippen molar-refractivity contribution in [3.8, 4) is 0 Å². The molecule has 0 amide bonds. The molecule has 94 valence electrons. The summed E-state index contributed by atoms with van der Waals surface area (Å²) in [5.74, 6) is 0. The lowest BCUT2D eigenvalue weighted by atomic mass is 10.1. The van der Waals surface area contributed by atoms with Gasteiger partial charge < -0.3 is 4.57 Å². The van der Waals surface area contributed by atoms with Crippen molar-refractivity contribution in [3.63, 3.8) is 0 Å². The Bertz CT molecular complexity index is 681. The van der Waals surface area contributed by atoms with Crippen LogP contribution in [0.1, 0.15) is 12.0 Å². The van der Waals surface area contributed by atoms with Crippen molar-refractivity contribution in [1.29, 1.82) is 0 Å². The van der Waals surface area contributed by atoms with E-state index < -0.39 is 0 Å². The monoisotopic (exact) mass is 248 g/mol. The summed E-state index contributed by atoms with van der Waals surface area (Å²) < 4.78 is 2.09. The molecule has 0 fully saturated rings. The fourth-order valence-corrected chi connectivity index (χ4v) is 2.17. The summed E-state index contributed by atoms with van der Waals surface area (Å²) >= 11 is 0. The van der Waals surface area contributed by atoms with E-state index in [1.54, 1.807) is 0 Å². The van der Waals surface area contributed by atoms with Gasteiger partial charge in [0.1, 0.15) is 0 Å². The molecule has 0 aliphatic rings. The lowest BCUT2D eigenvalue weighted by Gasteiger charge is -2.00. The predicted octanol–water partition coefficient (Wildman–Crippen LogP) is 4.14. The third kappa shape index (κ3) is 2.91. The van der Waals surface area contributed by atoms with Gasteiger partial charge in [0.15, 0.2) is 0 Å². The zero-order valence-electron chi connectivity index (χ0n) is 10.7. The van der Waals surface area contributed by atoms with Crippen LogP contribution in [0, 0.1) is 0 Å². The lowest BCUT2D eigenvalue weighted by molar-refractivity contribution is 0.710. The third-order valence-corrected chi connectivity index (χ3v) is 3.20. The molecule has 0 N–H and O–H groups in total. The van der Waals surface area contributed by atoms with Crippen LogP contribution in [0.25, 0.3) is 16.8 Å². The molecule has 19 heavy (non-hydrogen) atoms. The number of nitrogens with zero attached hydrogens (tertiary/aromatic N) is 2. The molecule has 0 bridgehead atoms. The summed E-state index contributed by atoms with van der Waals surface area (Å²) in [6.45, 7) is 0.976. The first-order chi connectivity index (χ1) is 9.42. The fraction of sp³-hybridized carbons (Fsp3) is 0.118. The topological polar surface area (TPSA) is 17.8 Å². The Labute approximate surface area is 113 Å².